The highest BCUT2D eigenvalue weighted by atomic mass is 19.1. The van der Waals surface area contributed by atoms with Gasteiger partial charge in [-0.05, 0) is 41.5 Å². The van der Waals surface area contributed by atoms with E-state index in [1.54, 1.807) is 31.5 Å². The van der Waals surface area contributed by atoms with Gasteiger partial charge in [0.05, 0.1) is 37.2 Å². The molecule has 0 radical (unpaired) electrons. The third-order valence-electron chi connectivity index (χ3n) is 5.58. The second-order valence-electron chi connectivity index (χ2n) is 8.89. The van der Waals surface area contributed by atoms with Crippen LogP contribution in [0.3, 0.4) is 0 Å². The number of hydrogen-bond donors (Lipinski definition) is 2. The van der Waals surface area contributed by atoms with E-state index in [9.17, 15) is 14.0 Å². The molecular formula is C28H33FN4O3. The van der Waals surface area contributed by atoms with Crippen LogP contribution in [-0.4, -0.2) is 35.0 Å². The predicted molar refractivity (Wildman–Crippen MR) is 138 cm³/mol. The first kappa shape index (κ1) is 26.8. The summed E-state index contributed by atoms with van der Waals surface area (Å²) in [5.74, 6) is -0.328. The number of alkyl halides is 1. The first-order valence-electron chi connectivity index (χ1n) is 12.2. The molecular weight excluding hydrogens is 459 g/mol. The van der Waals surface area contributed by atoms with Crippen LogP contribution in [0.5, 0.6) is 0 Å². The zero-order valence-electron chi connectivity index (χ0n) is 21.0. The number of nitrogens with zero attached hydrogens (tertiary/aromatic N) is 2. The molecule has 3 aromatic rings. The molecule has 1 unspecified atom stereocenters. The van der Waals surface area contributed by atoms with Gasteiger partial charge in [0, 0.05) is 6.54 Å². The molecule has 7 nitrogen and oxygen atoms in total. The lowest BCUT2D eigenvalue weighted by molar-refractivity contribution is -0.142. The summed E-state index contributed by atoms with van der Waals surface area (Å²) in [6.45, 7) is 6.06. The summed E-state index contributed by atoms with van der Waals surface area (Å²) in [4.78, 5) is 32.0. The van der Waals surface area contributed by atoms with Gasteiger partial charge in [-0.3, -0.25) is 9.59 Å². The third kappa shape index (κ3) is 7.86. The van der Waals surface area contributed by atoms with Gasteiger partial charge in [0.15, 0.2) is 0 Å². The van der Waals surface area contributed by atoms with Crippen LogP contribution in [0.4, 0.5) is 10.1 Å². The minimum absolute atomic E-state index is 0.0285. The number of benzene rings is 2. The number of rotatable bonds is 12. The van der Waals surface area contributed by atoms with Gasteiger partial charge in [0.1, 0.15) is 6.67 Å². The quantitative estimate of drug-likeness (QED) is 0.325. The summed E-state index contributed by atoms with van der Waals surface area (Å²) >= 11 is 0. The number of halogens is 1. The molecule has 190 valence electrons. The van der Waals surface area contributed by atoms with Gasteiger partial charge in [-0.1, -0.05) is 62.4 Å². The van der Waals surface area contributed by atoms with E-state index in [0.717, 1.165) is 23.1 Å². The van der Waals surface area contributed by atoms with Crippen LogP contribution in [0.25, 0.3) is 11.1 Å². The maximum absolute atomic E-state index is 12.8. The Balaban J connectivity index is 1.64. The van der Waals surface area contributed by atoms with Crippen LogP contribution < -0.4 is 10.6 Å². The van der Waals surface area contributed by atoms with Crippen LogP contribution in [-0.2, 0) is 16.2 Å². The average molecular weight is 493 g/mol. The Morgan fingerprint density at radius 3 is 2.14 bits per heavy atom. The highest BCUT2D eigenvalue weighted by molar-refractivity contribution is 5.90. The number of aromatic nitrogens is 2. The lowest BCUT2D eigenvalue weighted by Gasteiger charge is -2.22. The molecule has 0 aliphatic carbocycles. The Labute approximate surface area is 211 Å². The first-order chi connectivity index (χ1) is 17.4. The first-order valence-corrected chi connectivity index (χ1v) is 12.2. The highest BCUT2D eigenvalue weighted by Crippen LogP contribution is 2.28. The number of anilines is 1. The second-order valence-corrected chi connectivity index (χ2v) is 8.89. The van der Waals surface area contributed by atoms with E-state index in [0.29, 0.717) is 23.8 Å². The van der Waals surface area contributed by atoms with E-state index in [2.05, 4.69) is 58.7 Å². The Morgan fingerprint density at radius 1 is 0.972 bits per heavy atom. The Morgan fingerprint density at radius 2 is 1.58 bits per heavy atom. The largest absolute Gasteiger partial charge is 0.466 e. The summed E-state index contributed by atoms with van der Waals surface area (Å²) in [5.41, 5.74) is 4.59. The summed E-state index contributed by atoms with van der Waals surface area (Å²) in [6, 6.07) is 15.8. The Kier molecular flexibility index (Phi) is 9.92. The molecule has 2 N–H and O–H groups in total. The molecule has 8 heteroatoms. The second kappa shape index (κ2) is 13.3. The Hall–Kier alpha value is -3.81. The standard InChI is InChI=1S/C28H33FN4O3/c1-4-36-26(34)13-14-30-28(35)27-31-17-24(18-32-27)33-25(15-19(2)3)23-11-9-22(10-12-23)21-7-5-20(16-29)6-8-21/h5-12,17-19,25,33H,4,13-16H2,1-3H3,(H,30,35). The fraction of sp³-hybridized carbons (Fsp3) is 0.357. The maximum atomic E-state index is 12.8. The van der Waals surface area contributed by atoms with Crippen molar-refractivity contribution in [2.75, 3.05) is 18.5 Å². The molecule has 0 fully saturated rings. The SMILES string of the molecule is CCOC(=O)CCNC(=O)c1ncc(NC(CC(C)C)c2ccc(-c3ccc(CF)cc3)cc2)cn1. The topological polar surface area (TPSA) is 93.2 Å². The van der Waals surface area contributed by atoms with Crippen molar-refractivity contribution < 1.29 is 18.7 Å². The van der Waals surface area contributed by atoms with Crippen LogP contribution in [0.1, 0.15) is 61.4 Å². The van der Waals surface area contributed by atoms with Crippen LogP contribution in [0.15, 0.2) is 60.9 Å². The highest BCUT2D eigenvalue weighted by Gasteiger charge is 2.16. The van der Waals surface area contributed by atoms with Gasteiger partial charge in [-0.25, -0.2) is 14.4 Å². The van der Waals surface area contributed by atoms with E-state index in [1.807, 2.05) is 12.1 Å². The fourth-order valence-electron chi connectivity index (χ4n) is 3.76. The molecule has 36 heavy (non-hydrogen) atoms. The van der Waals surface area contributed by atoms with Crippen molar-refractivity contribution in [3.05, 3.63) is 77.9 Å². The zero-order valence-corrected chi connectivity index (χ0v) is 21.0. The molecule has 3 rings (SSSR count). The molecule has 1 amide bonds. The molecule has 1 atom stereocenters. The molecule has 0 bridgehead atoms. The van der Waals surface area contributed by atoms with Gasteiger partial charge in [-0.2, -0.15) is 0 Å². The van der Waals surface area contributed by atoms with Gasteiger partial charge in [-0.15, -0.1) is 0 Å². The van der Waals surface area contributed by atoms with Crippen molar-refractivity contribution in [3.8, 4) is 11.1 Å². The van der Waals surface area contributed by atoms with Gasteiger partial charge in [0.2, 0.25) is 5.82 Å². The number of esters is 1. The van der Waals surface area contributed by atoms with Crippen molar-refractivity contribution >= 4 is 17.6 Å². The van der Waals surface area contributed by atoms with Crippen LogP contribution >= 0.6 is 0 Å². The number of amides is 1. The third-order valence-corrected chi connectivity index (χ3v) is 5.58. The lowest BCUT2D eigenvalue weighted by atomic mass is 9.94. The average Bonchev–Trinajstić information content (AvgIpc) is 2.89. The van der Waals surface area contributed by atoms with Crippen LogP contribution in [0.2, 0.25) is 0 Å². The summed E-state index contributed by atoms with van der Waals surface area (Å²) in [7, 11) is 0. The summed E-state index contributed by atoms with van der Waals surface area (Å²) in [6.07, 6.45) is 4.15. The van der Waals surface area contributed by atoms with E-state index in [4.69, 9.17) is 4.74 Å². The van der Waals surface area contributed by atoms with E-state index in [1.165, 1.54) is 0 Å². The Bertz CT molecular complexity index is 1120. The van der Waals surface area contributed by atoms with Crippen molar-refractivity contribution in [3.63, 3.8) is 0 Å². The molecule has 0 aliphatic heterocycles. The maximum Gasteiger partial charge on any atom is 0.307 e. The van der Waals surface area contributed by atoms with Crippen molar-refractivity contribution in [2.24, 2.45) is 5.92 Å². The number of hydrogen-bond acceptors (Lipinski definition) is 6. The minimum Gasteiger partial charge on any atom is -0.466 e. The summed E-state index contributed by atoms with van der Waals surface area (Å²) in [5, 5.41) is 6.10. The van der Waals surface area contributed by atoms with E-state index in [-0.39, 0.29) is 30.8 Å². The fourth-order valence-corrected chi connectivity index (χ4v) is 3.76. The molecule has 0 spiro atoms. The molecule has 2 aromatic carbocycles. The summed E-state index contributed by atoms with van der Waals surface area (Å²) < 4.78 is 17.6. The van der Waals surface area contributed by atoms with Crippen molar-refractivity contribution in [1.29, 1.82) is 0 Å². The number of carbonyl (C=O) groups is 2. The number of ether oxygens (including phenoxy) is 1. The number of carbonyl (C=O) groups excluding carboxylic acids is 2. The van der Waals surface area contributed by atoms with E-state index < -0.39 is 12.6 Å². The monoisotopic (exact) mass is 492 g/mol. The van der Waals surface area contributed by atoms with Crippen molar-refractivity contribution in [1.82, 2.24) is 15.3 Å². The van der Waals surface area contributed by atoms with Gasteiger partial charge < -0.3 is 15.4 Å². The van der Waals surface area contributed by atoms with Gasteiger partial charge >= 0.3 is 5.97 Å². The van der Waals surface area contributed by atoms with Crippen LogP contribution in [0, 0.1) is 5.92 Å². The molecule has 0 aliphatic rings. The smallest absolute Gasteiger partial charge is 0.307 e. The normalized spacial score (nSPS) is 11.7. The predicted octanol–water partition coefficient (Wildman–Crippen LogP) is 5.50. The van der Waals surface area contributed by atoms with Crippen molar-refractivity contribution in [2.45, 2.75) is 46.3 Å². The number of nitrogens with one attached hydrogen (secondary N) is 2. The van der Waals surface area contributed by atoms with E-state index >= 15 is 0 Å². The minimum atomic E-state index is -0.466. The van der Waals surface area contributed by atoms with Gasteiger partial charge in [0.25, 0.3) is 5.91 Å². The molecule has 0 saturated heterocycles. The molecule has 1 heterocycles. The molecule has 0 saturated carbocycles. The lowest BCUT2D eigenvalue weighted by Crippen LogP contribution is -2.28. The zero-order chi connectivity index (χ0) is 25.9. The molecule has 1 aromatic heterocycles.